The van der Waals surface area contributed by atoms with Crippen LogP contribution in [0.2, 0.25) is 0 Å². The molecule has 6 nitrogen and oxygen atoms in total. The highest BCUT2D eigenvalue weighted by molar-refractivity contribution is 5.79. The molecule has 2 N–H and O–H groups in total. The molecule has 9 heteroatoms. The van der Waals surface area contributed by atoms with E-state index in [0.29, 0.717) is 43.2 Å². The van der Waals surface area contributed by atoms with Gasteiger partial charge in [-0.25, -0.2) is 0 Å². The fourth-order valence-electron chi connectivity index (χ4n) is 2.91. The predicted molar refractivity (Wildman–Crippen MR) is 90.5 cm³/mol. The van der Waals surface area contributed by atoms with E-state index in [1.54, 1.807) is 18.2 Å². The normalized spacial score (nSPS) is 16.8. The monoisotopic (exact) mass is 375 g/mol. The quantitative estimate of drug-likeness (QED) is 0.750. The standard InChI is InChI=1S/C17H24F3N3O3/c1-25-13-3-4-14(26-2)12(9-13)10-16(24)22-11-15(17(18,19)20)23-7-5-21-6-8-23/h3-4,9,15,21H,5-8,10-11H2,1-2H3,(H,22,24). The number of carbonyl (C=O) groups excluding carboxylic acids is 1. The van der Waals surface area contributed by atoms with Crippen LogP contribution < -0.4 is 20.1 Å². The Morgan fingerprint density at radius 2 is 1.96 bits per heavy atom. The lowest BCUT2D eigenvalue weighted by Crippen LogP contribution is -2.57. The zero-order chi connectivity index (χ0) is 19.2. The van der Waals surface area contributed by atoms with Gasteiger partial charge in [-0.3, -0.25) is 9.69 Å². The minimum absolute atomic E-state index is 0.0908. The average Bonchev–Trinajstić information content (AvgIpc) is 2.61. The van der Waals surface area contributed by atoms with E-state index in [4.69, 9.17) is 9.47 Å². The smallest absolute Gasteiger partial charge is 0.405 e. The van der Waals surface area contributed by atoms with Gasteiger partial charge in [-0.15, -0.1) is 0 Å². The number of halogens is 3. The Morgan fingerprint density at radius 3 is 2.54 bits per heavy atom. The average molecular weight is 375 g/mol. The molecular weight excluding hydrogens is 351 g/mol. The third-order valence-electron chi connectivity index (χ3n) is 4.30. The number of carbonyl (C=O) groups is 1. The molecule has 1 aliphatic heterocycles. The summed E-state index contributed by atoms with van der Waals surface area (Å²) in [5.41, 5.74) is 0.551. The molecule has 0 saturated carbocycles. The molecule has 1 aliphatic rings. The third kappa shape index (κ3) is 5.50. The molecule has 1 heterocycles. The van der Waals surface area contributed by atoms with Crippen molar-refractivity contribution in [2.75, 3.05) is 46.9 Å². The number of nitrogens with zero attached hydrogens (tertiary/aromatic N) is 1. The van der Waals surface area contributed by atoms with Gasteiger partial charge in [-0.1, -0.05) is 0 Å². The van der Waals surface area contributed by atoms with Crippen LogP contribution in [0.25, 0.3) is 0 Å². The van der Waals surface area contributed by atoms with Crippen LogP contribution in [0, 0.1) is 0 Å². The highest BCUT2D eigenvalue weighted by atomic mass is 19.4. The number of amides is 1. The maximum absolute atomic E-state index is 13.3. The number of piperazine rings is 1. The molecule has 2 rings (SSSR count). The first-order valence-corrected chi connectivity index (χ1v) is 8.34. The molecule has 1 unspecified atom stereocenters. The van der Waals surface area contributed by atoms with Crippen LogP contribution in [0.4, 0.5) is 13.2 Å². The van der Waals surface area contributed by atoms with Crippen molar-refractivity contribution >= 4 is 5.91 Å². The van der Waals surface area contributed by atoms with Gasteiger partial charge in [0.05, 0.1) is 20.6 Å². The number of ether oxygens (including phenoxy) is 2. The third-order valence-corrected chi connectivity index (χ3v) is 4.30. The number of rotatable bonds is 7. The Balaban J connectivity index is 1.99. The Morgan fingerprint density at radius 1 is 1.27 bits per heavy atom. The van der Waals surface area contributed by atoms with Gasteiger partial charge in [0.2, 0.25) is 5.91 Å². The van der Waals surface area contributed by atoms with Gasteiger partial charge in [-0.2, -0.15) is 13.2 Å². The highest BCUT2D eigenvalue weighted by Crippen LogP contribution is 2.26. The van der Waals surface area contributed by atoms with Crippen molar-refractivity contribution in [1.82, 2.24) is 15.5 Å². The highest BCUT2D eigenvalue weighted by Gasteiger charge is 2.43. The second-order valence-electron chi connectivity index (χ2n) is 6.00. The van der Waals surface area contributed by atoms with Crippen molar-refractivity contribution in [2.24, 2.45) is 0 Å². The lowest BCUT2D eigenvalue weighted by Gasteiger charge is -2.35. The molecule has 1 aromatic rings. The summed E-state index contributed by atoms with van der Waals surface area (Å²) in [6.45, 7) is 1.12. The van der Waals surface area contributed by atoms with E-state index >= 15 is 0 Å². The maximum atomic E-state index is 13.3. The van der Waals surface area contributed by atoms with Crippen molar-refractivity contribution in [2.45, 2.75) is 18.6 Å². The molecule has 0 radical (unpaired) electrons. The fraction of sp³-hybridized carbons (Fsp3) is 0.588. The summed E-state index contributed by atoms with van der Waals surface area (Å²) >= 11 is 0. The zero-order valence-corrected chi connectivity index (χ0v) is 14.9. The van der Waals surface area contributed by atoms with Crippen LogP contribution >= 0.6 is 0 Å². The molecule has 1 aromatic carbocycles. The summed E-state index contributed by atoms with van der Waals surface area (Å²) in [6.07, 6.45) is -4.50. The molecule has 1 atom stereocenters. The minimum Gasteiger partial charge on any atom is -0.497 e. The van der Waals surface area contributed by atoms with Crippen molar-refractivity contribution in [3.05, 3.63) is 23.8 Å². The van der Waals surface area contributed by atoms with E-state index in [0.717, 1.165) is 0 Å². The molecule has 0 spiro atoms. The summed E-state index contributed by atoms with van der Waals surface area (Å²) in [6, 6.07) is 3.28. The van der Waals surface area contributed by atoms with Crippen LogP contribution in [-0.2, 0) is 11.2 Å². The van der Waals surface area contributed by atoms with Crippen molar-refractivity contribution in [3.63, 3.8) is 0 Å². The van der Waals surface area contributed by atoms with E-state index in [1.807, 2.05) is 0 Å². The predicted octanol–water partition coefficient (Wildman–Crippen LogP) is 1.20. The van der Waals surface area contributed by atoms with E-state index in [9.17, 15) is 18.0 Å². The second kappa shape index (κ2) is 9.09. The van der Waals surface area contributed by atoms with E-state index in [2.05, 4.69) is 10.6 Å². The Bertz CT molecular complexity index is 605. The number of hydrogen-bond acceptors (Lipinski definition) is 5. The van der Waals surface area contributed by atoms with Crippen LogP contribution in [0.1, 0.15) is 5.56 Å². The van der Waals surface area contributed by atoms with Gasteiger partial charge >= 0.3 is 6.18 Å². The Labute approximate surface area is 150 Å². The topological polar surface area (TPSA) is 62.8 Å². The summed E-state index contributed by atoms with van der Waals surface area (Å²) in [5.74, 6) is 0.527. The van der Waals surface area contributed by atoms with Gasteiger partial charge in [0.25, 0.3) is 0 Å². The second-order valence-corrected chi connectivity index (χ2v) is 6.00. The summed E-state index contributed by atoms with van der Waals surface area (Å²) in [7, 11) is 2.96. The number of hydrogen-bond donors (Lipinski definition) is 2. The SMILES string of the molecule is COc1ccc(OC)c(CC(=O)NCC(N2CCNCC2)C(F)(F)F)c1. The summed E-state index contributed by atoms with van der Waals surface area (Å²) < 4.78 is 50.3. The van der Waals surface area contributed by atoms with Crippen molar-refractivity contribution in [3.8, 4) is 11.5 Å². The van der Waals surface area contributed by atoms with Crippen LogP contribution in [0.3, 0.4) is 0 Å². The lowest BCUT2D eigenvalue weighted by molar-refractivity contribution is -0.184. The molecule has 146 valence electrons. The van der Waals surface area contributed by atoms with Gasteiger partial charge in [0.1, 0.15) is 17.5 Å². The fourth-order valence-corrected chi connectivity index (χ4v) is 2.91. The minimum atomic E-state index is -4.40. The summed E-state index contributed by atoms with van der Waals surface area (Å²) in [4.78, 5) is 13.5. The first kappa shape index (κ1) is 20.3. The molecule has 0 aromatic heterocycles. The van der Waals surface area contributed by atoms with Gasteiger partial charge in [-0.05, 0) is 18.2 Å². The van der Waals surface area contributed by atoms with E-state index in [1.165, 1.54) is 19.1 Å². The van der Waals surface area contributed by atoms with Crippen LogP contribution in [0.15, 0.2) is 18.2 Å². The molecule has 26 heavy (non-hydrogen) atoms. The van der Waals surface area contributed by atoms with Crippen LogP contribution in [0.5, 0.6) is 11.5 Å². The zero-order valence-electron chi connectivity index (χ0n) is 14.9. The van der Waals surface area contributed by atoms with Crippen molar-refractivity contribution in [1.29, 1.82) is 0 Å². The number of alkyl halides is 3. The lowest BCUT2D eigenvalue weighted by atomic mass is 10.1. The van der Waals surface area contributed by atoms with Gasteiger partial charge in [0, 0.05) is 38.3 Å². The van der Waals surface area contributed by atoms with Crippen LogP contribution in [-0.4, -0.2) is 70.0 Å². The Hall–Kier alpha value is -2.00. The largest absolute Gasteiger partial charge is 0.497 e. The van der Waals surface area contributed by atoms with E-state index in [-0.39, 0.29) is 6.42 Å². The molecule has 1 saturated heterocycles. The maximum Gasteiger partial charge on any atom is 0.405 e. The number of methoxy groups -OCH3 is 2. The number of nitrogens with one attached hydrogen (secondary N) is 2. The van der Waals surface area contributed by atoms with Gasteiger partial charge < -0.3 is 20.1 Å². The van der Waals surface area contributed by atoms with Crippen molar-refractivity contribution < 1.29 is 27.4 Å². The molecule has 1 amide bonds. The number of benzene rings is 1. The molecule has 1 fully saturated rings. The Kier molecular flexibility index (Phi) is 7.10. The van der Waals surface area contributed by atoms with Gasteiger partial charge in [0.15, 0.2) is 0 Å². The first-order valence-electron chi connectivity index (χ1n) is 8.34. The molecule has 0 bridgehead atoms. The summed E-state index contributed by atoms with van der Waals surface area (Å²) in [5, 5.41) is 5.43. The molecular formula is C17H24F3N3O3. The molecule has 0 aliphatic carbocycles. The first-order chi connectivity index (χ1) is 12.3. The van der Waals surface area contributed by atoms with E-state index < -0.39 is 24.7 Å².